The lowest BCUT2D eigenvalue weighted by molar-refractivity contribution is 0.300. The van der Waals surface area contributed by atoms with Crippen molar-refractivity contribution in [3.8, 4) is 0 Å². The van der Waals surface area contributed by atoms with Gasteiger partial charge < -0.3 is 15.2 Å². The molecule has 0 amide bonds. The van der Waals surface area contributed by atoms with Gasteiger partial charge in [0.05, 0.1) is 12.4 Å². The van der Waals surface area contributed by atoms with Crippen molar-refractivity contribution in [3.63, 3.8) is 0 Å². The average Bonchev–Trinajstić information content (AvgIpc) is 2.31. The highest BCUT2D eigenvalue weighted by molar-refractivity contribution is 8.09. The number of aliphatic imine (C=N–C) groups is 1. The van der Waals surface area contributed by atoms with Crippen molar-refractivity contribution in [1.82, 2.24) is 0 Å². The van der Waals surface area contributed by atoms with Crippen LogP contribution in [0.1, 0.15) is 38.5 Å². The number of thioether (sulfide) groups is 1. The molecule has 0 spiro atoms. The summed E-state index contributed by atoms with van der Waals surface area (Å²) in [6.45, 7) is 0.497. The third-order valence-electron chi connectivity index (χ3n) is 2.48. The molecule has 114 valence electrons. The van der Waals surface area contributed by atoms with Gasteiger partial charge in [-0.25, -0.2) is 0 Å². The molecular formula is C12H27N2O2PS2. The van der Waals surface area contributed by atoms with Crippen LogP contribution in [0.4, 0.5) is 0 Å². The quantitative estimate of drug-likeness (QED) is 0.250. The maximum atomic E-state index is 9.28. The zero-order chi connectivity index (χ0) is 14.6. The summed E-state index contributed by atoms with van der Waals surface area (Å²) in [6.07, 6.45) is 8.32. The molecule has 3 N–H and O–H groups in total. The molecular weight excluding hydrogens is 299 g/mol. The van der Waals surface area contributed by atoms with Gasteiger partial charge in [-0.2, -0.15) is 11.8 Å². The minimum absolute atomic E-state index is 0.560. The molecule has 0 aromatic carbocycles. The van der Waals surface area contributed by atoms with E-state index in [2.05, 4.69) is 11.2 Å². The summed E-state index contributed by atoms with van der Waals surface area (Å²) in [7, 11) is 0. The van der Waals surface area contributed by atoms with Crippen LogP contribution in [0.5, 0.6) is 0 Å². The Morgan fingerprint density at radius 2 is 2.00 bits per heavy atom. The Balaban J connectivity index is 3.34. The molecule has 0 aromatic heterocycles. The van der Waals surface area contributed by atoms with Crippen molar-refractivity contribution in [2.24, 2.45) is 10.7 Å². The molecule has 0 aliphatic rings. The monoisotopic (exact) mass is 326 g/mol. The number of hydrogen-bond acceptors (Lipinski definition) is 4. The van der Waals surface area contributed by atoms with Crippen molar-refractivity contribution < 1.29 is 9.42 Å². The summed E-state index contributed by atoms with van der Waals surface area (Å²) in [5.41, 5.74) is 5.81. The second kappa shape index (κ2) is 12.2. The summed E-state index contributed by atoms with van der Waals surface area (Å²) < 4.78 is 5.16. The highest BCUT2D eigenvalue weighted by Crippen LogP contribution is 2.37. The fourth-order valence-corrected chi connectivity index (χ4v) is 2.63. The molecule has 19 heavy (non-hydrogen) atoms. The van der Waals surface area contributed by atoms with Crippen LogP contribution < -0.4 is 5.73 Å². The maximum Gasteiger partial charge on any atom is 0.183 e. The van der Waals surface area contributed by atoms with Crippen LogP contribution in [0.3, 0.4) is 0 Å². The van der Waals surface area contributed by atoms with Crippen molar-refractivity contribution in [1.29, 1.82) is 0 Å². The van der Waals surface area contributed by atoms with E-state index in [4.69, 9.17) is 22.1 Å². The molecule has 0 saturated carbocycles. The lowest BCUT2D eigenvalue weighted by Crippen LogP contribution is -2.12. The first kappa shape index (κ1) is 19.4. The second-order valence-electron chi connectivity index (χ2n) is 4.52. The van der Waals surface area contributed by atoms with Gasteiger partial charge in [0.25, 0.3) is 0 Å². The van der Waals surface area contributed by atoms with E-state index in [1.165, 1.54) is 0 Å². The highest BCUT2D eigenvalue weighted by atomic mass is 32.5. The molecule has 0 radical (unpaired) electrons. The first-order valence-electron chi connectivity index (χ1n) is 6.68. The van der Waals surface area contributed by atoms with Gasteiger partial charge in [0, 0.05) is 19.6 Å². The SMILES string of the molecule is CSCCCC(N)=NCCCCCCOP(C)(O)=S. The summed E-state index contributed by atoms with van der Waals surface area (Å²) >= 11 is 6.63. The van der Waals surface area contributed by atoms with E-state index in [1.54, 1.807) is 6.66 Å². The van der Waals surface area contributed by atoms with Gasteiger partial charge in [-0.05, 0) is 43.1 Å². The van der Waals surface area contributed by atoms with Crippen LogP contribution in [0.15, 0.2) is 4.99 Å². The van der Waals surface area contributed by atoms with Crippen LogP contribution in [-0.4, -0.2) is 42.6 Å². The predicted octanol–water partition coefficient (Wildman–Crippen LogP) is 3.00. The van der Waals surface area contributed by atoms with Crippen molar-refractivity contribution >= 4 is 35.9 Å². The van der Waals surface area contributed by atoms with E-state index in [9.17, 15) is 4.89 Å². The van der Waals surface area contributed by atoms with Gasteiger partial charge in [0.1, 0.15) is 0 Å². The van der Waals surface area contributed by atoms with Crippen LogP contribution in [0.2, 0.25) is 0 Å². The number of rotatable bonds is 12. The van der Waals surface area contributed by atoms with Gasteiger partial charge in [0.15, 0.2) is 6.49 Å². The molecule has 1 unspecified atom stereocenters. The zero-order valence-corrected chi connectivity index (χ0v) is 14.5. The second-order valence-corrected chi connectivity index (χ2v) is 9.40. The van der Waals surface area contributed by atoms with Crippen LogP contribution >= 0.6 is 18.3 Å². The van der Waals surface area contributed by atoms with Gasteiger partial charge in [-0.3, -0.25) is 4.99 Å². The molecule has 0 fully saturated rings. The van der Waals surface area contributed by atoms with Crippen molar-refractivity contribution in [2.75, 3.05) is 31.8 Å². The first-order valence-corrected chi connectivity index (χ1v) is 11.2. The van der Waals surface area contributed by atoms with Crippen LogP contribution in [0, 0.1) is 0 Å². The van der Waals surface area contributed by atoms with E-state index in [-0.39, 0.29) is 0 Å². The summed E-state index contributed by atoms with van der Waals surface area (Å²) in [6, 6.07) is 0. The zero-order valence-electron chi connectivity index (χ0n) is 12.0. The lowest BCUT2D eigenvalue weighted by atomic mass is 10.2. The van der Waals surface area contributed by atoms with E-state index in [0.29, 0.717) is 6.61 Å². The first-order chi connectivity index (χ1) is 8.95. The summed E-state index contributed by atoms with van der Waals surface area (Å²) in [5.74, 6) is 1.93. The third kappa shape index (κ3) is 16.3. The fraction of sp³-hybridized carbons (Fsp3) is 0.917. The van der Waals surface area contributed by atoms with Crippen LogP contribution in [-0.2, 0) is 16.3 Å². The number of nitrogens with two attached hydrogens (primary N) is 1. The molecule has 0 heterocycles. The molecule has 1 atom stereocenters. The molecule has 0 rings (SSSR count). The Bertz CT molecular complexity index is 295. The van der Waals surface area contributed by atoms with E-state index in [1.807, 2.05) is 11.8 Å². The molecule has 7 heteroatoms. The van der Waals surface area contributed by atoms with Crippen LogP contribution in [0.25, 0.3) is 0 Å². The molecule has 0 saturated heterocycles. The van der Waals surface area contributed by atoms with E-state index < -0.39 is 6.49 Å². The predicted molar refractivity (Wildman–Crippen MR) is 91.0 cm³/mol. The average molecular weight is 326 g/mol. The van der Waals surface area contributed by atoms with Crippen molar-refractivity contribution in [2.45, 2.75) is 38.5 Å². The standard InChI is InChI=1S/C12H27N2O2PS2/c1-17(15,18)16-10-6-4-3-5-9-14-12(13)8-7-11-19-2/h3-11H2,1-2H3,(H2,13,14)(H,15,18). The molecule has 0 aliphatic carbocycles. The van der Waals surface area contributed by atoms with E-state index >= 15 is 0 Å². The Morgan fingerprint density at radius 3 is 2.63 bits per heavy atom. The van der Waals surface area contributed by atoms with Gasteiger partial charge in [-0.15, -0.1) is 0 Å². The molecule has 4 nitrogen and oxygen atoms in total. The third-order valence-corrected chi connectivity index (χ3v) is 4.15. The minimum Gasteiger partial charge on any atom is -0.387 e. The fourth-order valence-electron chi connectivity index (χ4n) is 1.50. The Morgan fingerprint density at radius 1 is 1.32 bits per heavy atom. The van der Waals surface area contributed by atoms with Gasteiger partial charge in [-0.1, -0.05) is 12.8 Å². The summed E-state index contributed by atoms with van der Waals surface area (Å²) in [5, 5.41) is 0. The highest BCUT2D eigenvalue weighted by Gasteiger charge is 2.02. The Hall–Kier alpha value is 0.390. The van der Waals surface area contributed by atoms with E-state index in [0.717, 1.165) is 56.7 Å². The molecule has 0 aliphatic heterocycles. The normalized spacial score (nSPS) is 15.4. The topological polar surface area (TPSA) is 67.8 Å². The number of nitrogens with zero attached hydrogens (tertiary/aromatic N) is 1. The smallest absolute Gasteiger partial charge is 0.183 e. The molecule has 0 aromatic rings. The Kier molecular flexibility index (Phi) is 12.4. The van der Waals surface area contributed by atoms with Gasteiger partial charge in [0.2, 0.25) is 0 Å². The number of amidine groups is 1. The van der Waals surface area contributed by atoms with Gasteiger partial charge >= 0.3 is 0 Å². The number of hydrogen-bond donors (Lipinski definition) is 2. The number of unbranched alkanes of at least 4 members (excludes halogenated alkanes) is 3. The Labute approximate surface area is 126 Å². The maximum absolute atomic E-state index is 9.28. The van der Waals surface area contributed by atoms with Crippen molar-refractivity contribution in [3.05, 3.63) is 0 Å². The lowest BCUT2D eigenvalue weighted by Gasteiger charge is -2.09. The minimum atomic E-state index is -2.46. The molecule has 0 bridgehead atoms. The largest absolute Gasteiger partial charge is 0.387 e. The summed E-state index contributed by atoms with van der Waals surface area (Å²) in [4.78, 5) is 13.6.